The summed E-state index contributed by atoms with van der Waals surface area (Å²) in [4.78, 5) is 35.0. The van der Waals surface area contributed by atoms with Crippen LogP contribution in [0.4, 0.5) is 11.4 Å². The minimum absolute atomic E-state index is 0.0157. The average Bonchev–Trinajstić information content (AvgIpc) is 3.43. The highest BCUT2D eigenvalue weighted by molar-refractivity contribution is 6.36. The average molecular weight is 409 g/mol. The zero-order valence-corrected chi connectivity index (χ0v) is 15.4. The highest BCUT2D eigenvalue weighted by Gasteiger charge is 2.26. The number of hydrogen-bond donors (Lipinski definition) is 1. The molecule has 7 nitrogen and oxygen atoms in total. The molecule has 1 saturated carbocycles. The van der Waals surface area contributed by atoms with Gasteiger partial charge in [-0.25, -0.2) is 4.79 Å². The summed E-state index contributed by atoms with van der Waals surface area (Å²) in [6.07, 6.45) is 1.91. The quantitative estimate of drug-likeness (QED) is 0.313. The van der Waals surface area contributed by atoms with E-state index < -0.39 is 23.3 Å². The lowest BCUT2D eigenvalue weighted by Gasteiger charge is -2.08. The summed E-state index contributed by atoms with van der Waals surface area (Å²) >= 11 is 11.7. The van der Waals surface area contributed by atoms with Gasteiger partial charge in [-0.2, -0.15) is 0 Å². The number of nitro groups is 1. The summed E-state index contributed by atoms with van der Waals surface area (Å²) in [6, 6.07) is 8.58. The number of nitro benzene ring substituents is 1. The van der Waals surface area contributed by atoms with Crippen LogP contribution >= 0.6 is 23.2 Å². The van der Waals surface area contributed by atoms with Crippen molar-refractivity contribution < 1.29 is 19.2 Å². The lowest BCUT2D eigenvalue weighted by atomic mass is 10.1. The maximum atomic E-state index is 12.2. The molecule has 3 rings (SSSR count). The fourth-order valence-electron chi connectivity index (χ4n) is 2.39. The van der Waals surface area contributed by atoms with Crippen molar-refractivity contribution in [1.29, 1.82) is 0 Å². The molecule has 0 unspecified atom stereocenters. The van der Waals surface area contributed by atoms with Gasteiger partial charge in [0.05, 0.1) is 15.5 Å². The van der Waals surface area contributed by atoms with Crippen LogP contribution in [0.2, 0.25) is 10.0 Å². The number of nitrogens with one attached hydrogen (secondary N) is 1. The second-order valence-corrected chi connectivity index (χ2v) is 6.87. The Hall–Kier alpha value is -2.64. The van der Waals surface area contributed by atoms with Crippen LogP contribution in [0.3, 0.4) is 0 Å². The molecule has 0 bridgehead atoms. The Morgan fingerprint density at radius 1 is 1.19 bits per heavy atom. The van der Waals surface area contributed by atoms with E-state index in [0.29, 0.717) is 10.7 Å². The van der Waals surface area contributed by atoms with Gasteiger partial charge < -0.3 is 10.1 Å². The van der Waals surface area contributed by atoms with E-state index in [1.165, 1.54) is 30.3 Å². The maximum Gasteiger partial charge on any atom is 0.338 e. The van der Waals surface area contributed by atoms with Crippen molar-refractivity contribution in [2.75, 3.05) is 11.9 Å². The van der Waals surface area contributed by atoms with E-state index in [4.69, 9.17) is 27.9 Å². The number of hydrogen-bond acceptors (Lipinski definition) is 6. The molecule has 2 aromatic carbocycles. The third-order valence-corrected chi connectivity index (χ3v) is 4.48. The minimum Gasteiger partial charge on any atom is -0.454 e. The molecule has 1 fully saturated rings. The lowest BCUT2D eigenvalue weighted by Crippen LogP contribution is -2.15. The second-order valence-electron chi connectivity index (χ2n) is 6.03. The van der Waals surface area contributed by atoms with E-state index >= 15 is 0 Å². The lowest BCUT2D eigenvalue weighted by molar-refractivity contribution is -0.384. The van der Waals surface area contributed by atoms with E-state index in [2.05, 4.69) is 5.32 Å². The Bertz CT molecular complexity index is 928. The number of nitrogens with zero attached hydrogens (tertiary/aromatic N) is 1. The number of carbonyl (C=O) groups is 2. The molecule has 1 aliphatic carbocycles. The van der Waals surface area contributed by atoms with Crippen LogP contribution in [0.1, 0.15) is 33.6 Å². The molecule has 27 heavy (non-hydrogen) atoms. The Morgan fingerprint density at radius 2 is 1.93 bits per heavy atom. The van der Waals surface area contributed by atoms with Gasteiger partial charge in [0.25, 0.3) is 5.69 Å². The third-order valence-electron chi connectivity index (χ3n) is 3.93. The Kier molecular flexibility index (Phi) is 5.62. The number of rotatable bonds is 7. The number of esters is 1. The highest BCUT2D eigenvalue weighted by Crippen LogP contribution is 2.31. The summed E-state index contributed by atoms with van der Waals surface area (Å²) in [5.41, 5.74) is 0.286. The molecule has 1 aliphatic rings. The van der Waals surface area contributed by atoms with Crippen molar-refractivity contribution in [2.45, 2.75) is 18.9 Å². The number of halogens is 2. The molecular formula is C18H14Cl2N2O5. The molecular weight excluding hydrogens is 395 g/mol. The maximum absolute atomic E-state index is 12.2. The molecule has 9 heteroatoms. The first-order chi connectivity index (χ1) is 12.8. The Morgan fingerprint density at radius 3 is 2.56 bits per heavy atom. The number of ketones is 1. The number of anilines is 1. The Balaban J connectivity index is 1.69. The minimum atomic E-state index is -0.838. The molecule has 0 saturated heterocycles. The van der Waals surface area contributed by atoms with E-state index in [1.54, 1.807) is 0 Å². The SMILES string of the molecule is O=C(OCC(=O)c1ccc(Cl)cc1Cl)c1ccc(NC2CC2)c([N+](=O)[O-])c1. The zero-order valence-electron chi connectivity index (χ0n) is 13.9. The largest absolute Gasteiger partial charge is 0.454 e. The number of carbonyl (C=O) groups excluding carboxylic acids is 2. The molecule has 0 atom stereocenters. The van der Waals surface area contributed by atoms with Crippen LogP contribution in [0.5, 0.6) is 0 Å². The van der Waals surface area contributed by atoms with E-state index in [-0.39, 0.29) is 27.9 Å². The van der Waals surface area contributed by atoms with E-state index in [9.17, 15) is 19.7 Å². The molecule has 0 aliphatic heterocycles. The second kappa shape index (κ2) is 7.94. The fourth-order valence-corrected chi connectivity index (χ4v) is 2.90. The van der Waals surface area contributed by atoms with Crippen molar-refractivity contribution in [3.63, 3.8) is 0 Å². The first kappa shape index (κ1) is 19.1. The smallest absolute Gasteiger partial charge is 0.338 e. The molecule has 140 valence electrons. The predicted octanol–water partition coefficient (Wildman–Crippen LogP) is 4.52. The first-order valence-corrected chi connectivity index (χ1v) is 8.81. The molecule has 0 amide bonds. The zero-order chi connectivity index (χ0) is 19.6. The van der Waals surface area contributed by atoms with Crippen LogP contribution < -0.4 is 5.32 Å². The first-order valence-electron chi connectivity index (χ1n) is 8.05. The van der Waals surface area contributed by atoms with Crippen molar-refractivity contribution in [3.8, 4) is 0 Å². The van der Waals surface area contributed by atoms with Crippen LogP contribution in [0.25, 0.3) is 0 Å². The fraction of sp³-hybridized carbons (Fsp3) is 0.222. The molecule has 0 heterocycles. The van der Waals surface area contributed by atoms with Gasteiger partial charge in [0.1, 0.15) is 5.69 Å². The molecule has 0 aromatic heterocycles. The van der Waals surface area contributed by atoms with Gasteiger partial charge in [0.2, 0.25) is 5.78 Å². The normalized spacial score (nSPS) is 13.1. The summed E-state index contributed by atoms with van der Waals surface area (Å²) in [5.74, 6) is -1.35. The summed E-state index contributed by atoms with van der Waals surface area (Å²) < 4.78 is 4.97. The van der Waals surface area contributed by atoms with Crippen molar-refractivity contribution in [3.05, 3.63) is 67.7 Å². The summed E-state index contributed by atoms with van der Waals surface area (Å²) in [7, 11) is 0. The van der Waals surface area contributed by atoms with Gasteiger partial charge >= 0.3 is 5.97 Å². The summed E-state index contributed by atoms with van der Waals surface area (Å²) in [5, 5.41) is 14.8. The van der Waals surface area contributed by atoms with E-state index in [0.717, 1.165) is 18.9 Å². The predicted molar refractivity (Wildman–Crippen MR) is 101 cm³/mol. The number of ether oxygens (including phenoxy) is 1. The topological polar surface area (TPSA) is 98.5 Å². The molecule has 0 spiro atoms. The van der Waals surface area contributed by atoms with Gasteiger partial charge in [0.15, 0.2) is 6.61 Å². The number of Topliss-reactive ketones (excluding diaryl/α,β-unsaturated/α-hetero) is 1. The van der Waals surface area contributed by atoms with Crippen LogP contribution in [-0.2, 0) is 4.74 Å². The van der Waals surface area contributed by atoms with Crippen molar-refractivity contribution in [2.24, 2.45) is 0 Å². The van der Waals surface area contributed by atoms with Gasteiger partial charge in [-0.1, -0.05) is 23.2 Å². The molecule has 1 N–H and O–H groups in total. The van der Waals surface area contributed by atoms with Crippen LogP contribution in [0, 0.1) is 10.1 Å². The third kappa shape index (κ3) is 4.75. The number of benzene rings is 2. The van der Waals surface area contributed by atoms with Gasteiger partial charge in [-0.3, -0.25) is 14.9 Å². The van der Waals surface area contributed by atoms with Crippen molar-refractivity contribution >= 4 is 46.3 Å². The van der Waals surface area contributed by atoms with Crippen molar-refractivity contribution in [1.82, 2.24) is 0 Å². The van der Waals surface area contributed by atoms with Crippen LogP contribution in [0.15, 0.2) is 36.4 Å². The molecule has 0 radical (unpaired) electrons. The highest BCUT2D eigenvalue weighted by atomic mass is 35.5. The van der Waals surface area contributed by atoms with Crippen LogP contribution in [-0.4, -0.2) is 29.3 Å². The van der Waals surface area contributed by atoms with E-state index in [1.807, 2.05) is 0 Å². The summed E-state index contributed by atoms with van der Waals surface area (Å²) in [6.45, 7) is -0.546. The Labute approximate surface area is 164 Å². The monoisotopic (exact) mass is 408 g/mol. The van der Waals surface area contributed by atoms with Gasteiger partial charge in [-0.05, 0) is 43.2 Å². The standard InChI is InChI=1S/C18H14Cl2N2O5/c19-11-2-5-13(14(20)8-11)17(23)9-27-18(24)10-1-6-15(21-12-3-4-12)16(7-10)22(25)26/h1-2,5-8,12,21H,3-4,9H2. The molecule has 2 aromatic rings. The van der Waals surface area contributed by atoms with Gasteiger partial charge in [0, 0.05) is 22.7 Å². The van der Waals surface area contributed by atoms with Gasteiger partial charge in [-0.15, -0.1) is 0 Å².